The molecule has 3 N–H and O–H groups in total. The van der Waals surface area contributed by atoms with Crippen LogP contribution in [0.15, 0.2) is 23.3 Å². The van der Waals surface area contributed by atoms with Crippen molar-refractivity contribution < 1.29 is 5.11 Å². The van der Waals surface area contributed by atoms with E-state index in [1.807, 2.05) is 12.1 Å². The lowest BCUT2D eigenvalue weighted by Crippen LogP contribution is -2.45. The van der Waals surface area contributed by atoms with Crippen LogP contribution in [0.25, 0.3) is 0 Å². The molecule has 1 fully saturated rings. The molecule has 1 unspecified atom stereocenters. The number of hydrogen-bond acceptors (Lipinski definition) is 4. The predicted octanol–water partition coefficient (Wildman–Crippen LogP) is 3.29. The zero-order valence-electron chi connectivity index (χ0n) is 16.5. The van der Waals surface area contributed by atoms with Gasteiger partial charge in [0.2, 0.25) is 0 Å². The molecule has 0 radical (unpaired) electrons. The Morgan fingerprint density at radius 3 is 2.74 bits per heavy atom. The monoisotopic (exact) mass is 509 g/mol. The maximum absolute atomic E-state index is 9.75. The molecule has 0 amide bonds. The number of guanidine groups is 1. The van der Waals surface area contributed by atoms with Gasteiger partial charge in [-0.1, -0.05) is 25.4 Å². The van der Waals surface area contributed by atoms with E-state index in [1.54, 1.807) is 6.20 Å². The fraction of sp³-hybridized carbons (Fsp3) is 0.684. The molecule has 154 valence electrons. The van der Waals surface area contributed by atoms with Gasteiger partial charge in [-0.3, -0.25) is 4.99 Å². The molecule has 1 atom stereocenters. The number of nitrogens with zero attached hydrogens (tertiary/aromatic N) is 3. The van der Waals surface area contributed by atoms with Crippen molar-refractivity contribution in [2.24, 2.45) is 10.4 Å². The molecule has 27 heavy (non-hydrogen) atoms. The van der Waals surface area contributed by atoms with Crippen LogP contribution in [-0.2, 0) is 0 Å². The highest BCUT2D eigenvalue weighted by molar-refractivity contribution is 14.0. The molecule has 1 aromatic rings. The Balaban J connectivity index is 0.00000364. The lowest BCUT2D eigenvalue weighted by Gasteiger charge is -2.28. The highest BCUT2D eigenvalue weighted by Gasteiger charge is 2.27. The van der Waals surface area contributed by atoms with Crippen molar-refractivity contribution in [3.8, 4) is 0 Å². The summed E-state index contributed by atoms with van der Waals surface area (Å²) in [4.78, 5) is 11.4. The smallest absolute Gasteiger partial charge is 0.191 e. The maximum Gasteiger partial charge on any atom is 0.191 e. The Hall–Kier alpha value is -0.800. The molecule has 1 aromatic heterocycles. The van der Waals surface area contributed by atoms with Gasteiger partial charge >= 0.3 is 0 Å². The molecule has 0 saturated carbocycles. The van der Waals surface area contributed by atoms with Crippen LogP contribution < -0.4 is 15.5 Å². The van der Waals surface area contributed by atoms with Crippen LogP contribution in [0.3, 0.4) is 0 Å². The third-order valence-corrected chi connectivity index (χ3v) is 5.61. The molecular formula is C19H33ClIN5O. The number of rotatable bonds is 8. The van der Waals surface area contributed by atoms with E-state index in [4.69, 9.17) is 16.6 Å². The minimum atomic E-state index is -0.133. The Kier molecular flexibility index (Phi) is 10.7. The lowest BCUT2D eigenvalue weighted by atomic mass is 9.83. The minimum absolute atomic E-state index is 0. The highest BCUT2D eigenvalue weighted by Crippen LogP contribution is 2.27. The Labute approximate surface area is 185 Å². The molecule has 0 aliphatic carbocycles. The summed E-state index contributed by atoms with van der Waals surface area (Å²) < 4.78 is 0. The van der Waals surface area contributed by atoms with Gasteiger partial charge in [0, 0.05) is 37.3 Å². The van der Waals surface area contributed by atoms with Crippen molar-refractivity contribution in [2.45, 2.75) is 46.1 Å². The van der Waals surface area contributed by atoms with E-state index in [0.29, 0.717) is 11.6 Å². The van der Waals surface area contributed by atoms with Crippen LogP contribution in [0.4, 0.5) is 5.82 Å². The second kappa shape index (κ2) is 11.9. The summed E-state index contributed by atoms with van der Waals surface area (Å²) in [6.07, 6.45) is 4.61. The average Bonchev–Trinajstić information content (AvgIpc) is 3.12. The quantitative estimate of drug-likeness (QED) is 0.285. The number of halogens is 2. The highest BCUT2D eigenvalue weighted by atomic mass is 127. The standard InChI is InChI=1S/C19H32ClN5O.HI/c1-4-19(5-2,14-26)13-23-18(21-6-3)24-15-9-11-25(12-15)17-16(20)8-7-10-22-17;/h7-8,10,15,26H,4-6,9,11-14H2,1-3H3,(H2,21,23,24);1H. The molecule has 6 nitrogen and oxygen atoms in total. The average molecular weight is 510 g/mol. The number of aliphatic imine (C=N–C) groups is 1. The van der Waals surface area contributed by atoms with E-state index >= 15 is 0 Å². The maximum atomic E-state index is 9.75. The fourth-order valence-electron chi connectivity index (χ4n) is 3.19. The summed E-state index contributed by atoms with van der Waals surface area (Å²) in [6, 6.07) is 4.01. The third-order valence-electron chi connectivity index (χ3n) is 5.32. The van der Waals surface area contributed by atoms with Crippen LogP contribution in [0.1, 0.15) is 40.0 Å². The topological polar surface area (TPSA) is 72.8 Å². The minimum Gasteiger partial charge on any atom is -0.396 e. The van der Waals surface area contributed by atoms with Crippen molar-refractivity contribution in [3.05, 3.63) is 23.4 Å². The zero-order valence-corrected chi connectivity index (χ0v) is 19.6. The van der Waals surface area contributed by atoms with Crippen molar-refractivity contribution in [1.29, 1.82) is 0 Å². The van der Waals surface area contributed by atoms with Gasteiger partial charge in [0.15, 0.2) is 5.96 Å². The number of aromatic nitrogens is 1. The first-order chi connectivity index (χ1) is 12.6. The van der Waals surface area contributed by atoms with Crippen LogP contribution >= 0.6 is 35.6 Å². The van der Waals surface area contributed by atoms with Crippen LogP contribution in [0, 0.1) is 5.41 Å². The van der Waals surface area contributed by atoms with Crippen molar-refractivity contribution >= 4 is 47.4 Å². The van der Waals surface area contributed by atoms with Crippen LogP contribution in [-0.4, -0.2) is 54.9 Å². The van der Waals surface area contributed by atoms with Gasteiger partial charge in [-0.25, -0.2) is 4.98 Å². The summed E-state index contributed by atoms with van der Waals surface area (Å²) in [7, 11) is 0. The molecule has 2 rings (SSSR count). The second-order valence-electron chi connectivity index (χ2n) is 6.95. The Morgan fingerprint density at radius 2 is 2.15 bits per heavy atom. The van der Waals surface area contributed by atoms with Gasteiger partial charge in [0.05, 0.1) is 18.2 Å². The molecular weight excluding hydrogens is 477 g/mol. The van der Waals surface area contributed by atoms with Gasteiger partial charge < -0.3 is 20.6 Å². The largest absolute Gasteiger partial charge is 0.396 e. The van der Waals surface area contributed by atoms with E-state index in [1.165, 1.54) is 0 Å². The van der Waals surface area contributed by atoms with Crippen molar-refractivity contribution in [3.63, 3.8) is 0 Å². The predicted molar refractivity (Wildman–Crippen MR) is 124 cm³/mol. The van der Waals surface area contributed by atoms with Gasteiger partial charge in [0.1, 0.15) is 5.82 Å². The van der Waals surface area contributed by atoms with Crippen LogP contribution in [0.5, 0.6) is 0 Å². The number of aliphatic hydroxyl groups is 1. The zero-order chi connectivity index (χ0) is 19.0. The van der Waals surface area contributed by atoms with Crippen molar-refractivity contribution in [1.82, 2.24) is 15.6 Å². The number of aliphatic hydroxyl groups excluding tert-OH is 1. The summed E-state index contributed by atoms with van der Waals surface area (Å²) in [6.45, 7) is 9.63. The molecule has 0 spiro atoms. The molecule has 2 heterocycles. The van der Waals surface area contributed by atoms with E-state index < -0.39 is 0 Å². The van der Waals surface area contributed by atoms with Crippen LogP contribution in [0.2, 0.25) is 5.02 Å². The van der Waals surface area contributed by atoms with E-state index in [0.717, 1.165) is 50.7 Å². The molecule has 1 aliphatic heterocycles. The summed E-state index contributed by atoms with van der Waals surface area (Å²) in [5.41, 5.74) is -0.133. The molecule has 8 heteroatoms. The fourth-order valence-corrected chi connectivity index (χ4v) is 3.43. The summed E-state index contributed by atoms with van der Waals surface area (Å²) >= 11 is 6.27. The normalized spacial score (nSPS) is 17.6. The second-order valence-corrected chi connectivity index (χ2v) is 7.35. The van der Waals surface area contributed by atoms with Crippen molar-refractivity contribution in [2.75, 3.05) is 37.7 Å². The first-order valence-corrected chi connectivity index (χ1v) is 9.96. The summed E-state index contributed by atoms with van der Waals surface area (Å²) in [5, 5.41) is 17.3. The van der Waals surface area contributed by atoms with Gasteiger partial charge in [-0.2, -0.15) is 0 Å². The molecule has 1 aliphatic rings. The molecule has 0 bridgehead atoms. The van der Waals surface area contributed by atoms with E-state index in [9.17, 15) is 5.11 Å². The Bertz CT molecular complexity index is 589. The number of pyridine rings is 1. The number of anilines is 1. The molecule has 1 saturated heterocycles. The number of hydrogen-bond donors (Lipinski definition) is 3. The molecule has 0 aromatic carbocycles. The summed E-state index contributed by atoms with van der Waals surface area (Å²) in [5.74, 6) is 1.66. The lowest BCUT2D eigenvalue weighted by molar-refractivity contribution is 0.123. The number of nitrogens with one attached hydrogen (secondary N) is 2. The SMILES string of the molecule is CCNC(=NCC(CC)(CC)CO)NC1CCN(c2ncccc2Cl)C1.I. The van der Waals surface area contributed by atoms with E-state index in [-0.39, 0.29) is 42.0 Å². The first-order valence-electron chi connectivity index (χ1n) is 9.58. The van der Waals surface area contributed by atoms with Gasteiger partial charge in [0.25, 0.3) is 0 Å². The van der Waals surface area contributed by atoms with E-state index in [2.05, 4.69) is 41.3 Å². The third kappa shape index (κ3) is 6.64. The first kappa shape index (κ1) is 24.2. The van der Waals surface area contributed by atoms with Gasteiger partial charge in [-0.15, -0.1) is 24.0 Å². The van der Waals surface area contributed by atoms with Gasteiger partial charge in [-0.05, 0) is 38.3 Å². The Morgan fingerprint density at radius 1 is 1.41 bits per heavy atom.